The van der Waals surface area contributed by atoms with E-state index in [-0.39, 0.29) is 0 Å². The van der Waals surface area contributed by atoms with Gasteiger partial charge in [0.25, 0.3) is 0 Å². The van der Waals surface area contributed by atoms with Gasteiger partial charge in [0.05, 0.1) is 0 Å². The molecule has 1 N–H and O–H groups in total. The van der Waals surface area contributed by atoms with Gasteiger partial charge in [-0.25, -0.2) is 0 Å². The molecule has 2 atom stereocenters. The van der Waals surface area contributed by atoms with Crippen LogP contribution in [0.25, 0.3) is 0 Å². The standard InChI is InChI=1S/C15H23BrIN/c1-4-6-11(3)9-15(18-5-2)13-10-12(17)7-8-14(13)16/h7-8,10-11,15,18H,4-6,9H2,1-3H3. The second-order valence-electron chi connectivity index (χ2n) is 4.91. The predicted molar refractivity (Wildman–Crippen MR) is 92.0 cm³/mol. The van der Waals surface area contributed by atoms with Gasteiger partial charge in [-0.15, -0.1) is 0 Å². The quantitative estimate of drug-likeness (QED) is 0.568. The Hall–Kier alpha value is 0.390. The summed E-state index contributed by atoms with van der Waals surface area (Å²) < 4.78 is 2.52. The molecule has 1 aromatic rings. The van der Waals surface area contributed by atoms with E-state index in [1.54, 1.807) is 0 Å². The maximum Gasteiger partial charge on any atom is 0.0334 e. The second-order valence-corrected chi connectivity index (χ2v) is 7.01. The highest BCUT2D eigenvalue weighted by atomic mass is 127. The van der Waals surface area contributed by atoms with Crippen molar-refractivity contribution in [3.8, 4) is 0 Å². The van der Waals surface area contributed by atoms with Crippen LogP contribution in [-0.2, 0) is 0 Å². The molecule has 18 heavy (non-hydrogen) atoms. The zero-order chi connectivity index (χ0) is 13.5. The summed E-state index contributed by atoms with van der Waals surface area (Å²) in [5.41, 5.74) is 1.40. The molecule has 102 valence electrons. The highest BCUT2D eigenvalue weighted by Crippen LogP contribution is 2.30. The van der Waals surface area contributed by atoms with Crippen molar-refractivity contribution >= 4 is 38.5 Å². The fraction of sp³-hybridized carbons (Fsp3) is 0.600. The van der Waals surface area contributed by atoms with Gasteiger partial charge in [0.2, 0.25) is 0 Å². The lowest BCUT2D eigenvalue weighted by Crippen LogP contribution is -2.23. The van der Waals surface area contributed by atoms with Crippen LogP contribution >= 0.6 is 38.5 Å². The largest absolute Gasteiger partial charge is 0.310 e. The molecule has 1 aromatic carbocycles. The zero-order valence-electron chi connectivity index (χ0n) is 11.5. The van der Waals surface area contributed by atoms with Gasteiger partial charge in [0, 0.05) is 14.1 Å². The lowest BCUT2D eigenvalue weighted by atomic mass is 9.93. The second kappa shape index (κ2) is 8.54. The molecule has 1 rings (SSSR count). The number of benzene rings is 1. The minimum absolute atomic E-state index is 0.459. The Morgan fingerprint density at radius 2 is 2.06 bits per heavy atom. The van der Waals surface area contributed by atoms with Crippen LogP contribution in [0.1, 0.15) is 51.6 Å². The summed E-state index contributed by atoms with van der Waals surface area (Å²) in [6.07, 6.45) is 3.79. The first-order valence-electron chi connectivity index (χ1n) is 6.76. The van der Waals surface area contributed by atoms with Crippen molar-refractivity contribution in [2.45, 2.75) is 46.1 Å². The summed E-state index contributed by atoms with van der Waals surface area (Å²) in [5.74, 6) is 0.767. The van der Waals surface area contributed by atoms with E-state index in [1.807, 2.05) is 0 Å². The van der Waals surface area contributed by atoms with Crippen LogP contribution in [-0.4, -0.2) is 6.54 Å². The average Bonchev–Trinajstić information content (AvgIpc) is 2.32. The molecule has 2 unspecified atom stereocenters. The zero-order valence-corrected chi connectivity index (χ0v) is 15.2. The fourth-order valence-electron chi connectivity index (χ4n) is 2.36. The van der Waals surface area contributed by atoms with Gasteiger partial charge in [-0.3, -0.25) is 0 Å². The average molecular weight is 424 g/mol. The van der Waals surface area contributed by atoms with E-state index in [0.717, 1.165) is 12.5 Å². The maximum atomic E-state index is 3.69. The minimum Gasteiger partial charge on any atom is -0.310 e. The van der Waals surface area contributed by atoms with Gasteiger partial charge >= 0.3 is 0 Å². The maximum absolute atomic E-state index is 3.69. The van der Waals surface area contributed by atoms with Crippen LogP contribution in [0.3, 0.4) is 0 Å². The van der Waals surface area contributed by atoms with Crippen LogP contribution in [0.5, 0.6) is 0 Å². The highest BCUT2D eigenvalue weighted by molar-refractivity contribution is 14.1. The normalized spacial score (nSPS) is 14.5. The minimum atomic E-state index is 0.459. The summed E-state index contributed by atoms with van der Waals surface area (Å²) in [4.78, 5) is 0. The molecule has 0 bridgehead atoms. The van der Waals surface area contributed by atoms with Gasteiger partial charge in [0.15, 0.2) is 0 Å². The van der Waals surface area contributed by atoms with Crippen molar-refractivity contribution in [3.63, 3.8) is 0 Å². The van der Waals surface area contributed by atoms with Crippen molar-refractivity contribution in [3.05, 3.63) is 31.8 Å². The number of hydrogen-bond acceptors (Lipinski definition) is 1. The molecule has 3 heteroatoms. The van der Waals surface area contributed by atoms with Gasteiger partial charge < -0.3 is 5.32 Å². The van der Waals surface area contributed by atoms with Gasteiger partial charge in [0.1, 0.15) is 0 Å². The third-order valence-electron chi connectivity index (χ3n) is 3.20. The number of nitrogens with one attached hydrogen (secondary N) is 1. The Balaban J connectivity index is 2.85. The van der Waals surface area contributed by atoms with Gasteiger partial charge in [-0.1, -0.05) is 49.5 Å². The molecule has 0 aliphatic rings. The molecule has 0 amide bonds. The van der Waals surface area contributed by atoms with Crippen molar-refractivity contribution in [2.24, 2.45) is 5.92 Å². The molecule has 0 radical (unpaired) electrons. The molecular formula is C15H23BrIN. The molecule has 0 aliphatic heterocycles. The molecule has 0 spiro atoms. The van der Waals surface area contributed by atoms with Crippen LogP contribution in [0, 0.1) is 9.49 Å². The lowest BCUT2D eigenvalue weighted by molar-refractivity contribution is 0.394. The Kier molecular flexibility index (Phi) is 7.80. The number of hydrogen-bond donors (Lipinski definition) is 1. The molecule has 0 aromatic heterocycles. The van der Waals surface area contributed by atoms with Crippen LogP contribution in [0.4, 0.5) is 0 Å². The highest BCUT2D eigenvalue weighted by Gasteiger charge is 2.16. The van der Waals surface area contributed by atoms with E-state index < -0.39 is 0 Å². The smallest absolute Gasteiger partial charge is 0.0334 e. The fourth-order valence-corrected chi connectivity index (χ4v) is 3.40. The molecule has 0 aliphatic carbocycles. The summed E-state index contributed by atoms with van der Waals surface area (Å²) in [5, 5.41) is 3.62. The van der Waals surface area contributed by atoms with Crippen LogP contribution in [0.15, 0.2) is 22.7 Å². The first-order valence-corrected chi connectivity index (χ1v) is 8.63. The summed E-state index contributed by atoms with van der Waals surface area (Å²) in [6.45, 7) is 7.82. The monoisotopic (exact) mass is 423 g/mol. The first kappa shape index (κ1) is 16.4. The SMILES string of the molecule is CCCC(C)CC(NCC)c1cc(I)ccc1Br. The Morgan fingerprint density at radius 1 is 1.33 bits per heavy atom. The molecule has 0 saturated heterocycles. The molecule has 0 fully saturated rings. The molecular weight excluding hydrogens is 401 g/mol. The van der Waals surface area contributed by atoms with E-state index in [2.05, 4.69) is 82.8 Å². The van der Waals surface area contributed by atoms with Gasteiger partial charge in [-0.05, 0) is 65.2 Å². The topological polar surface area (TPSA) is 12.0 Å². The van der Waals surface area contributed by atoms with Crippen molar-refractivity contribution < 1.29 is 0 Å². The van der Waals surface area contributed by atoms with E-state index in [0.29, 0.717) is 6.04 Å². The van der Waals surface area contributed by atoms with E-state index in [4.69, 9.17) is 0 Å². The summed E-state index contributed by atoms with van der Waals surface area (Å²) in [7, 11) is 0. The van der Waals surface area contributed by atoms with Crippen molar-refractivity contribution in [1.29, 1.82) is 0 Å². The predicted octanol–water partition coefficient (Wildman–Crippen LogP) is 5.53. The molecule has 0 heterocycles. The Bertz CT molecular complexity index is 368. The first-order chi connectivity index (χ1) is 8.58. The van der Waals surface area contributed by atoms with Crippen LogP contribution in [0.2, 0.25) is 0 Å². The number of halogens is 2. The van der Waals surface area contributed by atoms with E-state index in [1.165, 1.54) is 32.9 Å². The van der Waals surface area contributed by atoms with Crippen LogP contribution < -0.4 is 5.32 Å². The molecule has 0 saturated carbocycles. The van der Waals surface area contributed by atoms with E-state index in [9.17, 15) is 0 Å². The third kappa shape index (κ3) is 5.17. The Labute approximate surface area is 133 Å². The van der Waals surface area contributed by atoms with Gasteiger partial charge in [-0.2, -0.15) is 0 Å². The van der Waals surface area contributed by atoms with E-state index >= 15 is 0 Å². The van der Waals surface area contributed by atoms with Crippen molar-refractivity contribution in [2.75, 3.05) is 6.54 Å². The number of rotatable bonds is 7. The lowest BCUT2D eigenvalue weighted by Gasteiger charge is -2.23. The Morgan fingerprint density at radius 3 is 2.67 bits per heavy atom. The molecule has 1 nitrogen and oxygen atoms in total. The van der Waals surface area contributed by atoms with Crippen molar-refractivity contribution in [1.82, 2.24) is 5.32 Å². The summed E-state index contributed by atoms with van der Waals surface area (Å²) in [6, 6.07) is 7.05. The third-order valence-corrected chi connectivity index (χ3v) is 4.60. The summed E-state index contributed by atoms with van der Waals surface area (Å²) >= 11 is 6.07.